The van der Waals surface area contributed by atoms with Crippen LogP contribution in [0.4, 0.5) is 0 Å². The molecule has 1 aromatic heterocycles. The average Bonchev–Trinajstić information content (AvgIpc) is 2.76. The molecule has 0 aromatic carbocycles. The number of rotatable bonds is 6. The maximum atomic E-state index is 3.56. The van der Waals surface area contributed by atoms with E-state index in [1.54, 1.807) is 0 Å². The third-order valence-electron chi connectivity index (χ3n) is 3.40. The van der Waals surface area contributed by atoms with E-state index in [4.69, 9.17) is 0 Å². The Balaban J connectivity index is 1.53. The molecule has 0 saturated carbocycles. The highest BCUT2D eigenvalue weighted by Gasteiger charge is 2.11. The second-order valence-corrected chi connectivity index (χ2v) is 6.56. The number of hydrogen-bond donors (Lipinski definition) is 2. The van der Waals surface area contributed by atoms with Crippen LogP contribution in [0.2, 0.25) is 0 Å². The van der Waals surface area contributed by atoms with Gasteiger partial charge in [0.15, 0.2) is 0 Å². The minimum Gasteiger partial charge on any atom is -0.317 e. The van der Waals surface area contributed by atoms with Crippen LogP contribution in [-0.2, 0) is 6.54 Å². The SMILES string of the molecule is Brc1ccsc1CNCCCC1CCNCC1. The van der Waals surface area contributed by atoms with Gasteiger partial charge in [-0.15, -0.1) is 11.3 Å². The lowest BCUT2D eigenvalue weighted by Gasteiger charge is -2.22. The van der Waals surface area contributed by atoms with E-state index in [0.29, 0.717) is 0 Å². The minimum absolute atomic E-state index is 0.964. The van der Waals surface area contributed by atoms with Crippen LogP contribution in [0.25, 0.3) is 0 Å². The van der Waals surface area contributed by atoms with Crippen LogP contribution < -0.4 is 10.6 Å². The van der Waals surface area contributed by atoms with Crippen LogP contribution in [0.15, 0.2) is 15.9 Å². The summed E-state index contributed by atoms with van der Waals surface area (Å²) >= 11 is 5.38. The van der Waals surface area contributed by atoms with Gasteiger partial charge < -0.3 is 10.6 Å². The van der Waals surface area contributed by atoms with E-state index in [0.717, 1.165) is 19.0 Å². The zero-order valence-corrected chi connectivity index (χ0v) is 12.6. The zero-order chi connectivity index (χ0) is 11.9. The molecule has 0 bridgehead atoms. The van der Waals surface area contributed by atoms with Gasteiger partial charge in [-0.1, -0.05) is 0 Å². The molecule has 1 aliphatic heterocycles. The Morgan fingerprint density at radius 1 is 1.41 bits per heavy atom. The molecule has 2 heterocycles. The van der Waals surface area contributed by atoms with Crippen molar-refractivity contribution in [3.8, 4) is 0 Å². The first kappa shape index (κ1) is 13.5. The van der Waals surface area contributed by atoms with Gasteiger partial charge in [0.25, 0.3) is 0 Å². The molecule has 1 saturated heterocycles. The average molecular weight is 317 g/mol. The first-order chi connectivity index (χ1) is 8.36. The van der Waals surface area contributed by atoms with Gasteiger partial charge in [0.1, 0.15) is 0 Å². The lowest BCUT2D eigenvalue weighted by molar-refractivity contribution is 0.344. The van der Waals surface area contributed by atoms with Crippen LogP contribution in [0.1, 0.15) is 30.6 Å². The Bertz CT molecular complexity index is 321. The van der Waals surface area contributed by atoms with Gasteiger partial charge in [-0.25, -0.2) is 0 Å². The Morgan fingerprint density at radius 2 is 2.24 bits per heavy atom. The summed E-state index contributed by atoms with van der Waals surface area (Å²) in [5.74, 6) is 0.964. The van der Waals surface area contributed by atoms with E-state index in [1.807, 2.05) is 11.3 Å². The highest BCUT2D eigenvalue weighted by atomic mass is 79.9. The molecule has 2 nitrogen and oxygen atoms in total. The number of piperidine rings is 1. The lowest BCUT2D eigenvalue weighted by atomic mass is 9.93. The van der Waals surface area contributed by atoms with Gasteiger partial charge in [0, 0.05) is 15.9 Å². The summed E-state index contributed by atoms with van der Waals surface area (Å²) < 4.78 is 1.24. The molecule has 4 heteroatoms. The van der Waals surface area contributed by atoms with E-state index in [1.165, 1.54) is 48.1 Å². The summed E-state index contributed by atoms with van der Waals surface area (Å²) in [4.78, 5) is 1.41. The fraction of sp³-hybridized carbons (Fsp3) is 0.692. The molecular weight excluding hydrogens is 296 g/mol. The van der Waals surface area contributed by atoms with Crippen LogP contribution in [0.3, 0.4) is 0 Å². The van der Waals surface area contributed by atoms with Crippen molar-refractivity contribution < 1.29 is 0 Å². The summed E-state index contributed by atoms with van der Waals surface area (Å²) in [6.45, 7) is 4.60. The van der Waals surface area contributed by atoms with Crippen LogP contribution >= 0.6 is 27.3 Å². The molecule has 2 N–H and O–H groups in total. The molecule has 0 atom stereocenters. The molecule has 1 aliphatic rings. The molecule has 0 radical (unpaired) electrons. The predicted molar refractivity (Wildman–Crippen MR) is 78.6 cm³/mol. The van der Waals surface area contributed by atoms with E-state index >= 15 is 0 Å². The van der Waals surface area contributed by atoms with Gasteiger partial charge in [-0.3, -0.25) is 0 Å². The van der Waals surface area contributed by atoms with Crippen LogP contribution in [-0.4, -0.2) is 19.6 Å². The third kappa shape index (κ3) is 4.70. The highest BCUT2D eigenvalue weighted by molar-refractivity contribution is 9.10. The smallest absolute Gasteiger partial charge is 0.0327 e. The third-order valence-corrected chi connectivity index (χ3v) is 5.33. The first-order valence-corrected chi connectivity index (χ1v) is 8.17. The molecular formula is C13H21BrN2S. The molecule has 0 amide bonds. The summed E-state index contributed by atoms with van der Waals surface area (Å²) in [6.07, 6.45) is 5.45. The zero-order valence-electron chi connectivity index (χ0n) is 10.2. The molecule has 0 spiro atoms. The largest absolute Gasteiger partial charge is 0.317 e. The standard InChI is InChI=1S/C13H21BrN2S/c14-12-5-9-17-13(12)10-16-6-1-2-11-3-7-15-8-4-11/h5,9,11,15-16H,1-4,6-8,10H2. The summed E-state index contributed by atoms with van der Waals surface area (Å²) in [5.41, 5.74) is 0. The van der Waals surface area contributed by atoms with Crippen molar-refractivity contribution in [2.24, 2.45) is 5.92 Å². The van der Waals surface area contributed by atoms with Gasteiger partial charge >= 0.3 is 0 Å². The van der Waals surface area contributed by atoms with Crippen molar-refractivity contribution >= 4 is 27.3 Å². The van der Waals surface area contributed by atoms with Gasteiger partial charge in [0.05, 0.1) is 0 Å². The van der Waals surface area contributed by atoms with Crippen molar-refractivity contribution in [2.45, 2.75) is 32.2 Å². The number of halogens is 1. The summed E-state index contributed by atoms with van der Waals surface area (Å²) in [7, 11) is 0. The number of nitrogens with one attached hydrogen (secondary N) is 2. The van der Waals surface area contributed by atoms with Crippen molar-refractivity contribution in [3.63, 3.8) is 0 Å². The minimum atomic E-state index is 0.964. The summed E-state index contributed by atoms with van der Waals surface area (Å²) in [5, 5.41) is 9.09. The van der Waals surface area contributed by atoms with Crippen molar-refractivity contribution in [1.82, 2.24) is 10.6 Å². The maximum Gasteiger partial charge on any atom is 0.0327 e. The van der Waals surface area contributed by atoms with E-state index in [-0.39, 0.29) is 0 Å². The molecule has 1 fully saturated rings. The quantitative estimate of drug-likeness (QED) is 0.786. The van der Waals surface area contributed by atoms with E-state index in [2.05, 4.69) is 38.0 Å². The second-order valence-electron chi connectivity index (χ2n) is 4.70. The van der Waals surface area contributed by atoms with Crippen LogP contribution in [0, 0.1) is 5.92 Å². The molecule has 0 aliphatic carbocycles. The van der Waals surface area contributed by atoms with Gasteiger partial charge in [-0.05, 0) is 78.6 Å². The van der Waals surface area contributed by atoms with Crippen molar-refractivity contribution in [1.29, 1.82) is 0 Å². The van der Waals surface area contributed by atoms with Crippen molar-refractivity contribution in [2.75, 3.05) is 19.6 Å². The number of thiophene rings is 1. The Labute approximate surface area is 116 Å². The molecule has 1 aromatic rings. The van der Waals surface area contributed by atoms with E-state index in [9.17, 15) is 0 Å². The molecule has 2 rings (SSSR count). The topological polar surface area (TPSA) is 24.1 Å². The Hall–Kier alpha value is 0.1000. The normalized spacial score (nSPS) is 17.5. The first-order valence-electron chi connectivity index (χ1n) is 6.49. The lowest BCUT2D eigenvalue weighted by Crippen LogP contribution is -2.28. The van der Waals surface area contributed by atoms with Gasteiger partial charge in [0.2, 0.25) is 0 Å². The fourth-order valence-electron chi connectivity index (χ4n) is 2.34. The predicted octanol–water partition coefficient (Wildman–Crippen LogP) is 3.38. The van der Waals surface area contributed by atoms with Crippen LogP contribution in [0.5, 0.6) is 0 Å². The molecule has 0 unspecified atom stereocenters. The Morgan fingerprint density at radius 3 is 2.94 bits per heavy atom. The summed E-state index contributed by atoms with van der Waals surface area (Å²) in [6, 6.07) is 2.12. The highest BCUT2D eigenvalue weighted by Crippen LogP contribution is 2.22. The molecule has 96 valence electrons. The van der Waals surface area contributed by atoms with Crippen molar-refractivity contribution in [3.05, 3.63) is 20.8 Å². The molecule has 17 heavy (non-hydrogen) atoms. The number of hydrogen-bond acceptors (Lipinski definition) is 3. The monoisotopic (exact) mass is 316 g/mol. The maximum absolute atomic E-state index is 3.56. The van der Waals surface area contributed by atoms with E-state index < -0.39 is 0 Å². The van der Waals surface area contributed by atoms with Gasteiger partial charge in [-0.2, -0.15) is 0 Å². The second kappa shape index (κ2) is 7.52. The Kier molecular flexibility index (Phi) is 5.98. The fourth-order valence-corrected chi connectivity index (χ4v) is 3.80.